The molecule has 3 aromatic heterocycles. The Labute approximate surface area is 232 Å². The molecule has 2 amide bonds. The molecule has 0 aliphatic carbocycles. The number of piperidine rings is 1. The second-order valence-corrected chi connectivity index (χ2v) is 10.3. The van der Waals surface area contributed by atoms with Crippen molar-refractivity contribution < 1.29 is 18.4 Å². The van der Waals surface area contributed by atoms with Gasteiger partial charge in [0.1, 0.15) is 17.2 Å². The van der Waals surface area contributed by atoms with Crippen LogP contribution >= 0.6 is 0 Å². The summed E-state index contributed by atoms with van der Waals surface area (Å²) in [5, 5.41) is 2.82. The molecule has 0 radical (unpaired) electrons. The van der Waals surface area contributed by atoms with Gasteiger partial charge in [0.2, 0.25) is 5.91 Å². The van der Waals surface area contributed by atoms with Crippen molar-refractivity contribution in [1.82, 2.24) is 20.2 Å². The van der Waals surface area contributed by atoms with E-state index in [9.17, 15) is 14.0 Å². The first-order chi connectivity index (χ1) is 19.3. The molecule has 1 N–H and O–H groups in total. The summed E-state index contributed by atoms with van der Waals surface area (Å²) in [6.45, 7) is 4.69. The number of hydrogen-bond donors (Lipinski definition) is 1. The normalized spacial score (nSPS) is 14.8. The van der Waals surface area contributed by atoms with Crippen LogP contribution in [0.1, 0.15) is 47.0 Å². The van der Waals surface area contributed by atoms with Crippen LogP contribution in [0, 0.1) is 6.92 Å². The highest BCUT2D eigenvalue weighted by Crippen LogP contribution is 2.30. The summed E-state index contributed by atoms with van der Waals surface area (Å²) in [5.74, 6) is 1.02. The fourth-order valence-electron chi connectivity index (χ4n) is 4.65. The Bertz CT molecular complexity index is 1520. The smallest absolute Gasteiger partial charge is 0.255 e. The van der Waals surface area contributed by atoms with Crippen molar-refractivity contribution in [3.8, 4) is 22.6 Å². The summed E-state index contributed by atoms with van der Waals surface area (Å²) in [4.78, 5) is 35.2. The highest BCUT2D eigenvalue weighted by atomic mass is 19.1. The van der Waals surface area contributed by atoms with E-state index in [1.54, 1.807) is 42.6 Å². The number of nitrogens with zero attached hydrogens (tertiary/aromatic N) is 3. The van der Waals surface area contributed by atoms with Crippen LogP contribution in [0.4, 0.5) is 4.39 Å². The Kier molecular flexibility index (Phi) is 7.86. The van der Waals surface area contributed by atoms with Crippen molar-refractivity contribution in [3.63, 3.8) is 0 Å². The average Bonchev–Trinajstić information content (AvgIpc) is 3.44. The van der Waals surface area contributed by atoms with E-state index in [0.29, 0.717) is 43.0 Å². The molecule has 0 atom stereocenters. The van der Waals surface area contributed by atoms with Gasteiger partial charge in [-0.15, -0.1) is 0 Å². The van der Waals surface area contributed by atoms with E-state index in [2.05, 4.69) is 15.3 Å². The maximum Gasteiger partial charge on any atom is 0.255 e. The number of alkyl halides is 1. The molecule has 1 aromatic carbocycles. The van der Waals surface area contributed by atoms with E-state index in [-0.39, 0.29) is 18.4 Å². The first-order valence-electron chi connectivity index (χ1n) is 13.3. The van der Waals surface area contributed by atoms with Gasteiger partial charge in [-0.2, -0.15) is 0 Å². The number of rotatable bonds is 7. The highest BCUT2D eigenvalue weighted by molar-refractivity contribution is 5.94. The monoisotopic (exact) mass is 538 g/mol. The van der Waals surface area contributed by atoms with E-state index < -0.39 is 5.67 Å². The molecule has 1 fully saturated rings. The molecule has 5 rings (SSSR count). The molecule has 0 unspecified atom stereocenters. The number of aryl methyl sites for hydroxylation is 1. The van der Waals surface area contributed by atoms with E-state index in [1.807, 2.05) is 55.5 Å². The van der Waals surface area contributed by atoms with Crippen LogP contribution in [0.2, 0.25) is 0 Å². The fraction of sp³-hybridized carbons (Fsp3) is 0.250. The average molecular weight is 539 g/mol. The zero-order valence-corrected chi connectivity index (χ0v) is 22.6. The van der Waals surface area contributed by atoms with Gasteiger partial charge < -0.3 is 14.6 Å². The Morgan fingerprint density at radius 3 is 2.62 bits per heavy atom. The number of likely N-dealkylation sites (tertiary alicyclic amines) is 1. The number of furan rings is 1. The fourth-order valence-corrected chi connectivity index (χ4v) is 4.65. The topological polar surface area (TPSA) is 88.3 Å². The first kappa shape index (κ1) is 27.0. The van der Waals surface area contributed by atoms with Gasteiger partial charge >= 0.3 is 0 Å². The number of carbonyl (C=O) groups is 2. The quantitative estimate of drug-likeness (QED) is 0.291. The Morgan fingerprint density at radius 2 is 1.93 bits per heavy atom. The molecule has 1 aliphatic rings. The second-order valence-electron chi connectivity index (χ2n) is 10.3. The number of benzene rings is 1. The Balaban J connectivity index is 1.20. The lowest BCUT2D eigenvalue weighted by Gasteiger charge is -2.34. The second kappa shape index (κ2) is 11.7. The summed E-state index contributed by atoms with van der Waals surface area (Å²) < 4.78 is 20.1. The van der Waals surface area contributed by atoms with Crippen LogP contribution in [-0.2, 0) is 11.3 Å². The molecule has 0 saturated carbocycles. The molecule has 4 aromatic rings. The summed E-state index contributed by atoms with van der Waals surface area (Å²) in [5.41, 5.74) is 3.77. The summed E-state index contributed by atoms with van der Waals surface area (Å²) in [6.07, 6.45) is 8.83. The van der Waals surface area contributed by atoms with Crippen LogP contribution in [0.5, 0.6) is 0 Å². The molecule has 1 saturated heterocycles. The maximum absolute atomic E-state index is 14.1. The number of carbonyl (C=O) groups excluding carboxylic acids is 2. The number of nitrogens with one attached hydrogen (secondary N) is 1. The molecule has 7 nitrogen and oxygen atoms in total. The van der Waals surface area contributed by atoms with Crippen LogP contribution in [0.15, 0.2) is 83.7 Å². The van der Waals surface area contributed by atoms with Gasteiger partial charge in [0.05, 0.1) is 17.8 Å². The van der Waals surface area contributed by atoms with E-state index in [4.69, 9.17) is 4.42 Å². The number of amides is 2. The third kappa shape index (κ3) is 6.51. The third-order valence-electron chi connectivity index (χ3n) is 7.10. The predicted molar refractivity (Wildman–Crippen MR) is 152 cm³/mol. The van der Waals surface area contributed by atoms with E-state index in [0.717, 1.165) is 27.9 Å². The molecule has 204 valence electrons. The van der Waals surface area contributed by atoms with Crippen LogP contribution in [0.25, 0.3) is 28.7 Å². The standard InChI is InChI=1S/C32H31FN4O3/c1-22-18-24(28-10-7-25(20-35-28)31(39)37-16-13-32(2,33)14-17-37)6-9-27(22)29-11-8-26(40-29)21-36-30(38)12-5-23-4-3-15-34-19-23/h3-12,15,18-20H,13-14,16-17,21H2,1-2H3,(H,36,38)/b12-5+. The Morgan fingerprint density at radius 1 is 1.10 bits per heavy atom. The molecule has 0 spiro atoms. The lowest BCUT2D eigenvalue weighted by Crippen LogP contribution is -2.43. The van der Waals surface area contributed by atoms with Gasteiger partial charge in [-0.05, 0) is 80.3 Å². The largest absolute Gasteiger partial charge is 0.459 e. The lowest BCUT2D eigenvalue weighted by atomic mass is 9.95. The summed E-state index contributed by atoms with van der Waals surface area (Å²) >= 11 is 0. The minimum atomic E-state index is -1.20. The molecular formula is C32H31FN4O3. The number of halogens is 1. The van der Waals surface area contributed by atoms with Crippen molar-refractivity contribution in [2.75, 3.05) is 13.1 Å². The number of hydrogen-bond acceptors (Lipinski definition) is 5. The third-order valence-corrected chi connectivity index (χ3v) is 7.10. The minimum Gasteiger partial charge on any atom is -0.459 e. The molecule has 40 heavy (non-hydrogen) atoms. The van der Waals surface area contributed by atoms with Crippen molar-refractivity contribution in [3.05, 3.63) is 102 Å². The molecule has 8 heteroatoms. The SMILES string of the molecule is Cc1cc(-c2ccc(C(=O)N3CCC(C)(F)CC3)cn2)ccc1-c1ccc(CNC(=O)/C=C/c2cccnc2)o1. The zero-order valence-electron chi connectivity index (χ0n) is 22.6. The number of pyridine rings is 2. The lowest BCUT2D eigenvalue weighted by molar-refractivity contribution is -0.116. The minimum absolute atomic E-state index is 0.115. The van der Waals surface area contributed by atoms with E-state index in [1.165, 1.54) is 6.08 Å². The van der Waals surface area contributed by atoms with Crippen molar-refractivity contribution in [1.29, 1.82) is 0 Å². The van der Waals surface area contributed by atoms with Crippen molar-refractivity contribution in [2.45, 2.75) is 38.9 Å². The summed E-state index contributed by atoms with van der Waals surface area (Å²) in [7, 11) is 0. The van der Waals surface area contributed by atoms with Crippen LogP contribution < -0.4 is 5.32 Å². The molecule has 0 bridgehead atoms. The van der Waals surface area contributed by atoms with Gasteiger partial charge in [0, 0.05) is 48.9 Å². The number of aromatic nitrogens is 2. The molecule has 1 aliphatic heterocycles. The zero-order chi connectivity index (χ0) is 28.1. The van der Waals surface area contributed by atoms with Gasteiger partial charge in [-0.3, -0.25) is 19.6 Å². The van der Waals surface area contributed by atoms with Crippen molar-refractivity contribution >= 4 is 17.9 Å². The summed E-state index contributed by atoms with van der Waals surface area (Å²) in [6, 6.07) is 17.0. The van der Waals surface area contributed by atoms with Gasteiger partial charge in [0.15, 0.2) is 0 Å². The highest BCUT2D eigenvalue weighted by Gasteiger charge is 2.31. The van der Waals surface area contributed by atoms with Crippen molar-refractivity contribution in [2.24, 2.45) is 0 Å². The maximum atomic E-state index is 14.1. The Hall–Kier alpha value is -4.59. The van der Waals surface area contributed by atoms with Gasteiger partial charge in [-0.1, -0.05) is 18.2 Å². The van der Waals surface area contributed by atoms with Gasteiger partial charge in [-0.25, -0.2) is 4.39 Å². The van der Waals surface area contributed by atoms with Crippen LogP contribution in [-0.4, -0.2) is 45.4 Å². The van der Waals surface area contributed by atoms with Gasteiger partial charge in [0.25, 0.3) is 5.91 Å². The predicted octanol–water partition coefficient (Wildman–Crippen LogP) is 6.01. The molecule has 4 heterocycles. The first-order valence-corrected chi connectivity index (χ1v) is 13.3. The molecular weight excluding hydrogens is 507 g/mol. The van der Waals surface area contributed by atoms with E-state index >= 15 is 0 Å². The van der Waals surface area contributed by atoms with Crippen LogP contribution in [0.3, 0.4) is 0 Å².